The quantitative estimate of drug-likeness (QED) is 0.651. The summed E-state index contributed by atoms with van der Waals surface area (Å²) in [7, 11) is -6.60. The summed E-state index contributed by atoms with van der Waals surface area (Å²) >= 11 is 0. The maximum atomic E-state index is 13.4. The van der Waals surface area contributed by atoms with Crippen LogP contribution in [0.3, 0.4) is 0 Å². The highest BCUT2D eigenvalue weighted by Crippen LogP contribution is 2.67. The van der Waals surface area contributed by atoms with Crippen molar-refractivity contribution in [3.8, 4) is 0 Å². The summed E-state index contributed by atoms with van der Waals surface area (Å²) in [5, 5.41) is -1.39. The molecule has 0 saturated carbocycles. The van der Waals surface area contributed by atoms with E-state index in [1.807, 2.05) is 0 Å². The Labute approximate surface area is 117 Å². The fourth-order valence-corrected chi connectivity index (χ4v) is 2.77. The van der Waals surface area contributed by atoms with Gasteiger partial charge in [0.2, 0.25) is 0 Å². The van der Waals surface area contributed by atoms with Crippen LogP contribution in [0.25, 0.3) is 0 Å². The van der Waals surface area contributed by atoms with Crippen LogP contribution >= 0.6 is 7.37 Å². The van der Waals surface area contributed by atoms with Crippen molar-refractivity contribution in [1.82, 2.24) is 0 Å². The van der Waals surface area contributed by atoms with E-state index < -0.39 is 36.4 Å². The summed E-state index contributed by atoms with van der Waals surface area (Å²) in [6.07, 6.45) is -7.05. The smallest absolute Gasteiger partial charge is 0.337 e. The van der Waals surface area contributed by atoms with Gasteiger partial charge in [0.25, 0.3) is 0 Å². The summed E-state index contributed by atoms with van der Waals surface area (Å²) in [5.41, 5.74) is -6.56. The second-order valence-electron chi connectivity index (χ2n) is 4.10. The standard InChI is InChI=1S/C10H6F9O2P/c11-7(12,9(15,16)17)8(13,14)10(18,19)22(20,21)6-4-2-1-3-5-6/h1-5H,(H,20,21). The van der Waals surface area contributed by atoms with Gasteiger partial charge in [0.15, 0.2) is 0 Å². The average Bonchev–Trinajstić information content (AvgIpc) is 2.37. The Morgan fingerprint density at radius 3 is 1.55 bits per heavy atom. The molecule has 1 rings (SSSR count). The van der Waals surface area contributed by atoms with E-state index in [9.17, 15) is 44.1 Å². The Balaban J connectivity index is 3.48. The molecule has 0 aromatic heterocycles. The fourth-order valence-electron chi connectivity index (χ4n) is 1.35. The van der Waals surface area contributed by atoms with E-state index in [0.29, 0.717) is 12.1 Å². The number of hydrogen-bond donors (Lipinski definition) is 1. The van der Waals surface area contributed by atoms with Crippen molar-refractivity contribution < 1.29 is 49.0 Å². The van der Waals surface area contributed by atoms with Crippen LogP contribution in [0.2, 0.25) is 0 Å². The van der Waals surface area contributed by atoms with Gasteiger partial charge in [0.1, 0.15) is 0 Å². The first-order valence-corrected chi connectivity index (χ1v) is 6.85. The summed E-state index contributed by atoms with van der Waals surface area (Å²) in [5.74, 6) is -14.4. The molecule has 1 unspecified atom stereocenters. The van der Waals surface area contributed by atoms with E-state index in [1.54, 1.807) is 0 Å². The van der Waals surface area contributed by atoms with Gasteiger partial charge in [-0.15, -0.1) is 0 Å². The Hall–Kier alpha value is -1.22. The summed E-state index contributed by atoms with van der Waals surface area (Å²) < 4.78 is 126. The van der Waals surface area contributed by atoms with Crippen LogP contribution in [0.1, 0.15) is 0 Å². The lowest BCUT2D eigenvalue weighted by Crippen LogP contribution is -2.61. The predicted molar refractivity (Wildman–Crippen MR) is 56.8 cm³/mol. The van der Waals surface area contributed by atoms with E-state index in [-0.39, 0.29) is 0 Å². The van der Waals surface area contributed by atoms with Gasteiger partial charge in [0, 0.05) is 5.30 Å². The lowest BCUT2D eigenvalue weighted by molar-refractivity contribution is -0.383. The molecule has 0 aliphatic carbocycles. The SMILES string of the molecule is O=P(O)(c1ccccc1)C(F)(F)C(F)(F)C(F)(F)C(F)(F)F. The van der Waals surface area contributed by atoms with E-state index in [0.717, 1.165) is 18.2 Å². The summed E-state index contributed by atoms with van der Waals surface area (Å²) in [6.45, 7) is 0. The van der Waals surface area contributed by atoms with Crippen LogP contribution < -0.4 is 5.30 Å². The largest absolute Gasteiger partial charge is 0.460 e. The van der Waals surface area contributed by atoms with E-state index in [1.165, 1.54) is 0 Å². The predicted octanol–water partition coefficient (Wildman–Crippen LogP) is 4.01. The topological polar surface area (TPSA) is 37.3 Å². The second kappa shape index (κ2) is 5.16. The Bertz CT molecular complexity index is 582. The molecule has 126 valence electrons. The first-order valence-electron chi connectivity index (χ1n) is 5.19. The van der Waals surface area contributed by atoms with Crippen molar-refractivity contribution in [2.24, 2.45) is 0 Å². The van der Waals surface area contributed by atoms with Crippen LogP contribution in [0.5, 0.6) is 0 Å². The molecule has 0 amide bonds. The van der Waals surface area contributed by atoms with Crippen molar-refractivity contribution in [3.05, 3.63) is 30.3 Å². The van der Waals surface area contributed by atoms with Gasteiger partial charge in [-0.1, -0.05) is 18.2 Å². The maximum Gasteiger partial charge on any atom is 0.460 e. The number of hydrogen-bond acceptors (Lipinski definition) is 1. The number of halogens is 9. The highest BCUT2D eigenvalue weighted by atomic mass is 31.2. The third-order valence-corrected chi connectivity index (χ3v) is 4.66. The molecular weight excluding hydrogens is 354 g/mol. The lowest BCUT2D eigenvalue weighted by atomic mass is 10.1. The van der Waals surface area contributed by atoms with Crippen molar-refractivity contribution in [1.29, 1.82) is 0 Å². The van der Waals surface area contributed by atoms with Gasteiger partial charge >= 0.3 is 31.1 Å². The minimum absolute atomic E-state index is 0.427. The molecule has 0 bridgehead atoms. The van der Waals surface area contributed by atoms with Crippen LogP contribution in [-0.2, 0) is 4.57 Å². The molecule has 0 radical (unpaired) electrons. The molecule has 1 aromatic rings. The molecular formula is C10H6F9O2P. The third-order valence-electron chi connectivity index (χ3n) is 2.61. The molecule has 0 fully saturated rings. The highest BCUT2D eigenvalue weighted by Gasteiger charge is 2.85. The molecule has 1 atom stereocenters. The molecule has 0 saturated heterocycles. The van der Waals surface area contributed by atoms with Gasteiger partial charge in [0.05, 0.1) is 0 Å². The van der Waals surface area contributed by atoms with Gasteiger partial charge in [-0.05, 0) is 12.1 Å². The first kappa shape index (κ1) is 18.8. The first-order chi connectivity index (χ1) is 9.61. The molecule has 0 spiro atoms. The monoisotopic (exact) mass is 360 g/mol. The minimum atomic E-state index is -7.21. The molecule has 0 heterocycles. The zero-order valence-electron chi connectivity index (χ0n) is 10.1. The van der Waals surface area contributed by atoms with Crippen molar-refractivity contribution in [3.63, 3.8) is 0 Å². The molecule has 12 heteroatoms. The van der Waals surface area contributed by atoms with Crippen molar-refractivity contribution in [2.75, 3.05) is 0 Å². The number of benzene rings is 1. The maximum absolute atomic E-state index is 13.4. The molecule has 1 aromatic carbocycles. The number of alkyl halides is 9. The van der Waals surface area contributed by atoms with Crippen LogP contribution in [-0.4, -0.2) is 28.6 Å². The lowest BCUT2D eigenvalue weighted by Gasteiger charge is -2.35. The minimum Gasteiger partial charge on any atom is -0.337 e. The van der Waals surface area contributed by atoms with E-state index >= 15 is 0 Å². The van der Waals surface area contributed by atoms with Gasteiger partial charge in [-0.2, -0.15) is 39.5 Å². The molecule has 1 N–H and O–H groups in total. The summed E-state index contributed by atoms with van der Waals surface area (Å²) in [4.78, 5) is 9.10. The van der Waals surface area contributed by atoms with Gasteiger partial charge in [-0.25, -0.2) is 0 Å². The number of rotatable bonds is 4. The normalized spacial score (nSPS) is 17.2. The highest BCUT2D eigenvalue weighted by molar-refractivity contribution is 7.67. The van der Waals surface area contributed by atoms with Crippen LogP contribution in [0.4, 0.5) is 39.5 Å². The van der Waals surface area contributed by atoms with E-state index in [2.05, 4.69) is 0 Å². The molecule has 0 aliphatic heterocycles. The van der Waals surface area contributed by atoms with Crippen molar-refractivity contribution >= 4 is 12.7 Å². The van der Waals surface area contributed by atoms with E-state index in [4.69, 9.17) is 4.89 Å². The molecule has 0 aliphatic rings. The Kier molecular flexibility index (Phi) is 4.41. The average molecular weight is 360 g/mol. The zero-order chi connectivity index (χ0) is 17.6. The van der Waals surface area contributed by atoms with Crippen LogP contribution in [0.15, 0.2) is 30.3 Å². The summed E-state index contributed by atoms with van der Waals surface area (Å²) in [6, 6.07) is 3.65. The Morgan fingerprint density at radius 2 is 1.18 bits per heavy atom. The second-order valence-corrected chi connectivity index (χ2v) is 6.33. The van der Waals surface area contributed by atoms with Gasteiger partial charge < -0.3 is 4.89 Å². The Morgan fingerprint density at radius 1 is 0.773 bits per heavy atom. The van der Waals surface area contributed by atoms with Gasteiger partial charge in [-0.3, -0.25) is 4.57 Å². The fraction of sp³-hybridized carbons (Fsp3) is 0.400. The molecule has 2 nitrogen and oxygen atoms in total. The molecule has 22 heavy (non-hydrogen) atoms. The van der Waals surface area contributed by atoms with Crippen molar-refractivity contribution in [2.45, 2.75) is 23.7 Å². The zero-order valence-corrected chi connectivity index (χ0v) is 11.0. The van der Waals surface area contributed by atoms with Crippen LogP contribution in [0, 0.1) is 0 Å². The third kappa shape index (κ3) is 2.50.